The van der Waals surface area contributed by atoms with Gasteiger partial charge in [0, 0.05) is 24.4 Å². The SMILES string of the molecule is COc1ccc(OC)c(Nc2ccc(NC(C)=O)cc2)c1. The predicted molar refractivity (Wildman–Crippen MR) is 83.6 cm³/mol. The molecule has 2 aromatic rings. The third kappa shape index (κ3) is 3.89. The fourth-order valence-corrected chi connectivity index (χ4v) is 1.91. The van der Waals surface area contributed by atoms with Crippen molar-refractivity contribution in [3.05, 3.63) is 42.5 Å². The molecule has 0 fully saturated rings. The van der Waals surface area contributed by atoms with Crippen molar-refractivity contribution in [2.24, 2.45) is 0 Å². The summed E-state index contributed by atoms with van der Waals surface area (Å²) < 4.78 is 10.5. The van der Waals surface area contributed by atoms with Gasteiger partial charge >= 0.3 is 0 Å². The van der Waals surface area contributed by atoms with E-state index in [4.69, 9.17) is 9.47 Å². The lowest BCUT2D eigenvalue weighted by molar-refractivity contribution is -0.114. The van der Waals surface area contributed by atoms with E-state index in [0.29, 0.717) is 0 Å². The Kier molecular flexibility index (Phi) is 4.66. The topological polar surface area (TPSA) is 59.6 Å². The van der Waals surface area contributed by atoms with Gasteiger partial charge in [-0.15, -0.1) is 0 Å². The third-order valence-corrected chi connectivity index (χ3v) is 2.89. The Labute approximate surface area is 123 Å². The minimum absolute atomic E-state index is 0.0924. The molecule has 2 rings (SSSR count). The standard InChI is InChI=1S/C16H18N2O3/c1-11(19)17-12-4-6-13(7-5-12)18-15-10-14(20-2)8-9-16(15)21-3/h4-10,18H,1-3H3,(H,17,19). The summed E-state index contributed by atoms with van der Waals surface area (Å²) in [5.74, 6) is 1.38. The molecule has 2 N–H and O–H groups in total. The molecule has 0 radical (unpaired) electrons. The number of anilines is 3. The summed E-state index contributed by atoms with van der Waals surface area (Å²) in [5, 5.41) is 5.99. The zero-order valence-corrected chi connectivity index (χ0v) is 12.3. The maximum Gasteiger partial charge on any atom is 0.221 e. The Morgan fingerprint density at radius 2 is 1.62 bits per heavy atom. The Morgan fingerprint density at radius 1 is 0.952 bits per heavy atom. The summed E-state index contributed by atoms with van der Waals surface area (Å²) in [7, 11) is 3.24. The summed E-state index contributed by atoms with van der Waals surface area (Å²) in [4.78, 5) is 11.0. The van der Waals surface area contributed by atoms with E-state index in [1.807, 2.05) is 42.5 Å². The number of carbonyl (C=O) groups excluding carboxylic acids is 1. The second-order valence-corrected chi connectivity index (χ2v) is 4.45. The highest BCUT2D eigenvalue weighted by Crippen LogP contribution is 2.31. The van der Waals surface area contributed by atoms with E-state index in [9.17, 15) is 4.79 Å². The summed E-state index contributed by atoms with van der Waals surface area (Å²) in [6, 6.07) is 13.0. The first kappa shape index (κ1) is 14.7. The van der Waals surface area contributed by atoms with Crippen LogP contribution in [-0.4, -0.2) is 20.1 Å². The molecule has 0 bridgehead atoms. The largest absolute Gasteiger partial charge is 0.497 e. The van der Waals surface area contributed by atoms with Crippen LogP contribution in [0.5, 0.6) is 11.5 Å². The number of hydrogen-bond donors (Lipinski definition) is 2. The summed E-state index contributed by atoms with van der Waals surface area (Å²) in [5.41, 5.74) is 2.45. The molecule has 0 spiro atoms. The zero-order valence-electron chi connectivity index (χ0n) is 12.3. The maximum atomic E-state index is 11.0. The number of benzene rings is 2. The van der Waals surface area contributed by atoms with Gasteiger partial charge in [-0.3, -0.25) is 4.79 Å². The van der Waals surface area contributed by atoms with E-state index in [0.717, 1.165) is 28.6 Å². The van der Waals surface area contributed by atoms with Crippen molar-refractivity contribution >= 4 is 23.0 Å². The molecule has 0 saturated heterocycles. The van der Waals surface area contributed by atoms with Crippen LogP contribution in [0.25, 0.3) is 0 Å². The predicted octanol–water partition coefficient (Wildman–Crippen LogP) is 3.41. The van der Waals surface area contributed by atoms with Gasteiger partial charge in [-0.25, -0.2) is 0 Å². The van der Waals surface area contributed by atoms with Gasteiger partial charge in [-0.1, -0.05) is 0 Å². The van der Waals surface area contributed by atoms with Crippen molar-refractivity contribution in [1.29, 1.82) is 0 Å². The number of hydrogen-bond acceptors (Lipinski definition) is 4. The van der Waals surface area contributed by atoms with E-state index in [-0.39, 0.29) is 5.91 Å². The highest BCUT2D eigenvalue weighted by molar-refractivity contribution is 5.88. The second-order valence-electron chi connectivity index (χ2n) is 4.45. The molecular weight excluding hydrogens is 268 g/mol. The molecule has 5 nitrogen and oxygen atoms in total. The number of rotatable bonds is 5. The van der Waals surface area contributed by atoms with Gasteiger partial charge in [0.15, 0.2) is 0 Å². The monoisotopic (exact) mass is 286 g/mol. The number of carbonyl (C=O) groups is 1. The summed E-state index contributed by atoms with van der Waals surface area (Å²) in [6.07, 6.45) is 0. The van der Waals surface area contributed by atoms with Crippen molar-refractivity contribution in [3.63, 3.8) is 0 Å². The summed E-state index contributed by atoms with van der Waals surface area (Å²) >= 11 is 0. The zero-order chi connectivity index (χ0) is 15.2. The van der Waals surface area contributed by atoms with Crippen LogP contribution in [0.15, 0.2) is 42.5 Å². The molecule has 0 aromatic heterocycles. The van der Waals surface area contributed by atoms with Crippen LogP contribution in [-0.2, 0) is 4.79 Å². The minimum Gasteiger partial charge on any atom is -0.497 e. The van der Waals surface area contributed by atoms with E-state index in [1.54, 1.807) is 14.2 Å². The van der Waals surface area contributed by atoms with E-state index in [2.05, 4.69) is 10.6 Å². The highest BCUT2D eigenvalue weighted by atomic mass is 16.5. The molecule has 0 saturated carbocycles. The van der Waals surface area contributed by atoms with E-state index in [1.165, 1.54) is 6.92 Å². The van der Waals surface area contributed by atoms with Crippen LogP contribution in [0.4, 0.5) is 17.1 Å². The quantitative estimate of drug-likeness (QED) is 0.884. The van der Waals surface area contributed by atoms with Crippen LogP contribution in [0.2, 0.25) is 0 Å². The normalized spacial score (nSPS) is 9.86. The lowest BCUT2D eigenvalue weighted by Crippen LogP contribution is -2.05. The molecule has 0 heterocycles. The van der Waals surface area contributed by atoms with Gasteiger partial charge in [0.25, 0.3) is 0 Å². The fourth-order valence-electron chi connectivity index (χ4n) is 1.91. The fraction of sp³-hybridized carbons (Fsp3) is 0.188. The van der Waals surface area contributed by atoms with Gasteiger partial charge < -0.3 is 20.1 Å². The van der Waals surface area contributed by atoms with Gasteiger partial charge in [0.2, 0.25) is 5.91 Å². The smallest absolute Gasteiger partial charge is 0.221 e. The molecule has 0 unspecified atom stereocenters. The lowest BCUT2D eigenvalue weighted by Gasteiger charge is -2.13. The summed E-state index contributed by atoms with van der Waals surface area (Å²) in [6.45, 7) is 1.48. The van der Waals surface area contributed by atoms with Crippen molar-refractivity contribution in [1.82, 2.24) is 0 Å². The van der Waals surface area contributed by atoms with Gasteiger partial charge in [-0.05, 0) is 36.4 Å². The molecule has 0 aliphatic carbocycles. The molecule has 5 heteroatoms. The Hall–Kier alpha value is -2.69. The highest BCUT2D eigenvalue weighted by Gasteiger charge is 2.05. The first-order valence-electron chi connectivity index (χ1n) is 6.49. The molecular formula is C16H18N2O3. The molecule has 2 aromatic carbocycles. The molecule has 0 aliphatic heterocycles. The number of amides is 1. The van der Waals surface area contributed by atoms with Gasteiger partial charge in [-0.2, -0.15) is 0 Å². The molecule has 0 aliphatic rings. The Morgan fingerprint density at radius 3 is 2.19 bits per heavy atom. The average molecular weight is 286 g/mol. The van der Waals surface area contributed by atoms with Crippen LogP contribution < -0.4 is 20.1 Å². The maximum absolute atomic E-state index is 11.0. The Bertz CT molecular complexity index is 624. The molecule has 110 valence electrons. The second kappa shape index (κ2) is 6.65. The minimum atomic E-state index is -0.0924. The van der Waals surface area contributed by atoms with Crippen molar-refractivity contribution in [2.75, 3.05) is 24.9 Å². The van der Waals surface area contributed by atoms with Crippen LogP contribution in [0.1, 0.15) is 6.92 Å². The molecule has 1 amide bonds. The lowest BCUT2D eigenvalue weighted by atomic mass is 10.2. The number of methoxy groups -OCH3 is 2. The molecule has 0 atom stereocenters. The van der Waals surface area contributed by atoms with Crippen LogP contribution in [0, 0.1) is 0 Å². The van der Waals surface area contributed by atoms with Crippen LogP contribution in [0.3, 0.4) is 0 Å². The van der Waals surface area contributed by atoms with E-state index >= 15 is 0 Å². The van der Waals surface area contributed by atoms with Gasteiger partial charge in [0.1, 0.15) is 11.5 Å². The Balaban J connectivity index is 2.19. The van der Waals surface area contributed by atoms with Crippen molar-refractivity contribution in [3.8, 4) is 11.5 Å². The van der Waals surface area contributed by atoms with E-state index < -0.39 is 0 Å². The van der Waals surface area contributed by atoms with Crippen molar-refractivity contribution in [2.45, 2.75) is 6.92 Å². The van der Waals surface area contributed by atoms with Crippen LogP contribution >= 0.6 is 0 Å². The first-order valence-corrected chi connectivity index (χ1v) is 6.49. The number of nitrogens with one attached hydrogen (secondary N) is 2. The molecule has 21 heavy (non-hydrogen) atoms. The van der Waals surface area contributed by atoms with Crippen molar-refractivity contribution < 1.29 is 14.3 Å². The average Bonchev–Trinajstić information content (AvgIpc) is 2.48. The van der Waals surface area contributed by atoms with Gasteiger partial charge in [0.05, 0.1) is 19.9 Å². The third-order valence-electron chi connectivity index (χ3n) is 2.89. The first-order chi connectivity index (χ1) is 10.1. The number of ether oxygens (including phenoxy) is 2.